The van der Waals surface area contributed by atoms with Crippen LogP contribution in [-0.2, 0) is 6.54 Å². The SMILES string of the molecule is CC(C)NC(=O)N1Cc2ccccc2-n2cccc2C1c1ccccc1Cl. The molecule has 27 heavy (non-hydrogen) atoms. The molecule has 1 N–H and O–H groups in total. The lowest BCUT2D eigenvalue weighted by atomic mass is 10.0. The number of rotatable bonds is 2. The second-order valence-electron chi connectivity index (χ2n) is 7.09. The standard InChI is InChI=1S/C22H22ClN3O/c1-15(2)24-22(27)26-14-16-8-3-6-11-19(16)25-13-7-12-20(25)21(26)17-9-4-5-10-18(17)23/h3-13,15,21H,14H2,1-2H3,(H,24,27). The van der Waals surface area contributed by atoms with Gasteiger partial charge < -0.3 is 14.8 Å². The maximum atomic E-state index is 13.2. The van der Waals surface area contributed by atoms with Gasteiger partial charge in [-0.2, -0.15) is 0 Å². The zero-order valence-corrected chi connectivity index (χ0v) is 16.1. The van der Waals surface area contributed by atoms with Crippen LogP contribution in [0.15, 0.2) is 66.9 Å². The van der Waals surface area contributed by atoms with Gasteiger partial charge in [0.05, 0.1) is 17.9 Å². The first-order chi connectivity index (χ1) is 13.1. The predicted molar refractivity (Wildman–Crippen MR) is 108 cm³/mol. The number of hydrogen-bond acceptors (Lipinski definition) is 1. The van der Waals surface area contributed by atoms with Crippen LogP contribution in [-0.4, -0.2) is 21.5 Å². The van der Waals surface area contributed by atoms with Crippen molar-refractivity contribution in [2.24, 2.45) is 0 Å². The molecule has 1 unspecified atom stereocenters. The Bertz CT molecular complexity index is 979. The highest BCUT2D eigenvalue weighted by molar-refractivity contribution is 6.31. The summed E-state index contributed by atoms with van der Waals surface area (Å²) in [4.78, 5) is 15.0. The zero-order valence-electron chi connectivity index (χ0n) is 15.4. The predicted octanol–water partition coefficient (Wildman–Crippen LogP) is 5.15. The summed E-state index contributed by atoms with van der Waals surface area (Å²) in [5.74, 6) is 0. The van der Waals surface area contributed by atoms with Gasteiger partial charge in [-0.3, -0.25) is 0 Å². The molecule has 2 aromatic carbocycles. The molecular weight excluding hydrogens is 358 g/mol. The van der Waals surface area contributed by atoms with E-state index >= 15 is 0 Å². The van der Waals surface area contributed by atoms with Crippen LogP contribution in [0.4, 0.5) is 4.79 Å². The number of halogens is 1. The lowest BCUT2D eigenvalue weighted by Gasteiger charge is -2.32. The molecule has 138 valence electrons. The molecule has 4 rings (SSSR count). The van der Waals surface area contributed by atoms with Crippen molar-refractivity contribution in [3.63, 3.8) is 0 Å². The number of hydrogen-bond donors (Lipinski definition) is 1. The van der Waals surface area contributed by atoms with E-state index < -0.39 is 0 Å². The third-order valence-corrected chi connectivity index (χ3v) is 5.18. The molecule has 0 saturated heterocycles. The minimum absolute atomic E-state index is 0.0506. The van der Waals surface area contributed by atoms with Gasteiger partial charge in [0, 0.05) is 17.3 Å². The van der Waals surface area contributed by atoms with Crippen molar-refractivity contribution in [3.8, 4) is 5.69 Å². The quantitative estimate of drug-likeness (QED) is 0.656. The Morgan fingerprint density at radius 3 is 2.59 bits per heavy atom. The van der Waals surface area contributed by atoms with Gasteiger partial charge in [-0.1, -0.05) is 48.0 Å². The maximum Gasteiger partial charge on any atom is 0.318 e. The van der Waals surface area contributed by atoms with Gasteiger partial charge in [-0.05, 0) is 49.2 Å². The molecule has 0 spiro atoms. The minimum atomic E-state index is -0.278. The first-order valence-corrected chi connectivity index (χ1v) is 9.51. The average molecular weight is 380 g/mol. The molecule has 2 amide bonds. The lowest BCUT2D eigenvalue weighted by Crippen LogP contribution is -2.44. The number of para-hydroxylation sites is 1. The van der Waals surface area contributed by atoms with Crippen molar-refractivity contribution in [1.29, 1.82) is 0 Å². The highest BCUT2D eigenvalue weighted by atomic mass is 35.5. The summed E-state index contributed by atoms with van der Waals surface area (Å²) in [6, 6.07) is 19.7. The summed E-state index contributed by atoms with van der Waals surface area (Å²) < 4.78 is 2.16. The largest absolute Gasteiger partial charge is 0.336 e. The lowest BCUT2D eigenvalue weighted by molar-refractivity contribution is 0.178. The third-order valence-electron chi connectivity index (χ3n) is 4.84. The third kappa shape index (κ3) is 3.21. The van der Waals surface area contributed by atoms with E-state index in [1.165, 1.54) is 0 Å². The average Bonchev–Trinajstić information content (AvgIpc) is 3.07. The molecule has 4 nitrogen and oxygen atoms in total. The molecule has 1 aliphatic rings. The van der Waals surface area contributed by atoms with Gasteiger partial charge in [0.2, 0.25) is 0 Å². The van der Waals surface area contributed by atoms with E-state index in [9.17, 15) is 4.79 Å². The number of urea groups is 1. The molecule has 0 radical (unpaired) electrons. The van der Waals surface area contributed by atoms with Crippen LogP contribution < -0.4 is 5.32 Å². The van der Waals surface area contributed by atoms with E-state index in [4.69, 9.17) is 11.6 Å². The Labute approximate surface area is 164 Å². The Kier molecular flexibility index (Phi) is 4.66. The van der Waals surface area contributed by atoms with Crippen LogP contribution in [0.2, 0.25) is 5.02 Å². The highest BCUT2D eigenvalue weighted by Gasteiger charge is 2.34. The maximum absolute atomic E-state index is 13.2. The van der Waals surface area contributed by atoms with Crippen LogP contribution in [0.25, 0.3) is 5.69 Å². The fraction of sp³-hybridized carbons (Fsp3) is 0.227. The fourth-order valence-electron chi connectivity index (χ4n) is 3.69. The molecule has 1 atom stereocenters. The van der Waals surface area contributed by atoms with E-state index in [1.54, 1.807) is 0 Å². The van der Waals surface area contributed by atoms with Crippen LogP contribution >= 0.6 is 11.6 Å². The molecule has 2 heterocycles. The van der Waals surface area contributed by atoms with Crippen LogP contribution in [0, 0.1) is 0 Å². The summed E-state index contributed by atoms with van der Waals surface area (Å²) in [5, 5.41) is 3.70. The summed E-state index contributed by atoms with van der Waals surface area (Å²) in [6.45, 7) is 4.44. The van der Waals surface area contributed by atoms with Crippen molar-refractivity contribution in [2.75, 3.05) is 0 Å². The van der Waals surface area contributed by atoms with Gasteiger partial charge in [-0.25, -0.2) is 4.79 Å². The molecule has 0 saturated carbocycles. The molecule has 1 aromatic heterocycles. The summed E-state index contributed by atoms with van der Waals surface area (Å²) in [5.41, 5.74) is 4.13. The van der Waals surface area contributed by atoms with E-state index in [2.05, 4.69) is 28.1 Å². The molecular formula is C22H22ClN3O. The number of carbonyl (C=O) groups is 1. The summed E-state index contributed by atoms with van der Waals surface area (Å²) >= 11 is 6.56. The van der Waals surface area contributed by atoms with E-state index in [0.29, 0.717) is 11.6 Å². The van der Waals surface area contributed by atoms with Gasteiger partial charge in [-0.15, -0.1) is 0 Å². The van der Waals surface area contributed by atoms with Crippen molar-refractivity contribution in [1.82, 2.24) is 14.8 Å². The van der Waals surface area contributed by atoms with Crippen molar-refractivity contribution < 1.29 is 4.79 Å². The number of nitrogens with zero attached hydrogens (tertiary/aromatic N) is 2. The number of fused-ring (bicyclic) bond motifs is 3. The second-order valence-corrected chi connectivity index (χ2v) is 7.50. The summed E-state index contributed by atoms with van der Waals surface area (Å²) in [7, 11) is 0. The van der Waals surface area contributed by atoms with E-state index in [1.807, 2.05) is 67.4 Å². The molecule has 0 aliphatic carbocycles. The Morgan fingerprint density at radius 2 is 1.81 bits per heavy atom. The molecule has 3 aromatic rings. The van der Waals surface area contributed by atoms with Crippen LogP contribution in [0.1, 0.15) is 36.7 Å². The Morgan fingerprint density at radius 1 is 1.07 bits per heavy atom. The van der Waals surface area contributed by atoms with Gasteiger partial charge >= 0.3 is 6.03 Å². The number of aromatic nitrogens is 1. The van der Waals surface area contributed by atoms with E-state index in [-0.39, 0.29) is 18.1 Å². The zero-order chi connectivity index (χ0) is 19.0. The molecule has 5 heteroatoms. The van der Waals surface area contributed by atoms with Crippen LogP contribution in [0.5, 0.6) is 0 Å². The topological polar surface area (TPSA) is 37.3 Å². The van der Waals surface area contributed by atoms with Crippen molar-refractivity contribution >= 4 is 17.6 Å². The normalized spacial score (nSPS) is 15.9. The van der Waals surface area contributed by atoms with Gasteiger partial charge in [0.15, 0.2) is 0 Å². The first-order valence-electron chi connectivity index (χ1n) is 9.13. The van der Waals surface area contributed by atoms with Gasteiger partial charge in [0.1, 0.15) is 6.04 Å². The monoisotopic (exact) mass is 379 g/mol. The Balaban J connectivity index is 1.93. The van der Waals surface area contributed by atoms with Crippen molar-refractivity contribution in [3.05, 3.63) is 88.7 Å². The molecule has 0 bridgehead atoms. The van der Waals surface area contributed by atoms with E-state index in [0.717, 1.165) is 22.5 Å². The van der Waals surface area contributed by atoms with Crippen LogP contribution in [0.3, 0.4) is 0 Å². The molecule has 0 fully saturated rings. The number of nitrogens with one attached hydrogen (secondary N) is 1. The first kappa shape index (κ1) is 17.7. The number of benzene rings is 2. The number of amides is 2. The Hall–Kier alpha value is -2.72. The number of carbonyl (C=O) groups excluding carboxylic acids is 1. The smallest absolute Gasteiger partial charge is 0.318 e. The molecule has 1 aliphatic heterocycles. The van der Waals surface area contributed by atoms with Gasteiger partial charge in [0.25, 0.3) is 0 Å². The fourth-order valence-corrected chi connectivity index (χ4v) is 3.93. The second kappa shape index (κ2) is 7.12. The highest BCUT2D eigenvalue weighted by Crippen LogP contribution is 2.38. The minimum Gasteiger partial charge on any atom is -0.336 e. The van der Waals surface area contributed by atoms with Crippen molar-refractivity contribution in [2.45, 2.75) is 32.5 Å². The summed E-state index contributed by atoms with van der Waals surface area (Å²) in [6.07, 6.45) is 2.04.